The van der Waals surface area contributed by atoms with Crippen LogP contribution in [0, 0.1) is 5.92 Å². The van der Waals surface area contributed by atoms with Crippen LogP contribution < -0.4 is 0 Å². The van der Waals surface area contributed by atoms with Crippen molar-refractivity contribution in [1.29, 1.82) is 0 Å². The molecule has 1 unspecified atom stereocenters. The van der Waals surface area contributed by atoms with E-state index in [0.29, 0.717) is 0 Å². The molecule has 1 aliphatic rings. The van der Waals surface area contributed by atoms with Crippen LogP contribution in [0.5, 0.6) is 0 Å². The third-order valence-corrected chi connectivity index (χ3v) is 3.22. The number of hydrogen-bond acceptors (Lipinski definition) is 2. The smallest absolute Gasteiger partial charge is 0.0543 e. The van der Waals surface area contributed by atoms with Crippen LogP contribution in [0.25, 0.3) is 0 Å². The van der Waals surface area contributed by atoms with Crippen molar-refractivity contribution in [3.05, 3.63) is 30.1 Å². The third-order valence-electron chi connectivity index (χ3n) is 3.00. The van der Waals surface area contributed by atoms with Crippen LogP contribution in [0.1, 0.15) is 18.5 Å². The van der Waals surface area contributed by atoms with Gasteiger partial charge in [0.25, 0.3) is 0 Å². The largest absolute Gasteiger partial charge is 0.297 e. The first-order chi connectivity index (χ1) is 7.38. The van der Waals surface area contributed by atoms with Crippen LogP contribution in [0.4, 0.5) is 0 Å². The van der Waals surface area contributed by atoms with Crippen molar-refractivity contribution in [2.45, 2.75) is 19.4 Å². The van der Waals surface area contributed by atoms with Crippen LogP contribution in [0.2, 0.25) is 0 Å². The molecule has 0 radical (unpaired) electrons. The molecule has 0 aromatic carbocycles. The molecule has 0 saturated carbocycles. The lowest BCUT2D eigenvalue weighted by atomic mass is 10.1. The van der Waals surface area contributed by atoms with E-state index in [4.69, 9.17) is 11.6 Å². The van der Waals surface area contributed by atoms with Gasteiger partial charge in [-0.1, -0.05) is 6.07 Å². The van der Waals surface area contributed by atoms with Crippen molar-refractivity contribution in [2.75, 3.05) is 19.0 Å². The molecule has 0 aliphatic carbocycles. The summed E-state index contributed by atoms with van der Waals surface area (Å²) >= 11 is 5.76. The highest BCUT2D eigenvalue weighted by Crippen LogP contribution is 2.21. The molecule has 1 saturated heterocycles. The molecule has 0 N–H and O–H groups in total. The number of pyridine rings is 1. The van der Waals surface area contributed by atoms with Crippen molar-refractivity contribution < 1.29 is 0 Å². The summed E-state index contributed by atoms with van der Waals surface area (Å²) < 4.78 is 0. The summed E-state index contributed by atoms with van der Waals surface area (Å²) in [5.41, 5.74) is 1.17. The van der Waals surface area contributed by atoms with Gasteiger partial charge < -0.3 is 0 Å². The van der Waals surface area contributed by atoms with Gasteiger partial charge in [-0.3, -0.25) is 9.88 Å². The Morgan fingerprint density at radius 2 is 2.40 bits per heavy atom. The molecule has 2 heterocycles. The zero-order chi connectivity index (χ0) is 10.5. The number of alkyl halides is 1. The first-order valence-corrected chi connectivity index (χ1v) is 6.10. The van der Waals surface area contributed by atoms with Gasteiger partial charge in [0.1, 0.15) is 0 Å². The van der Waals surface area contributed by atoms with E-state index in [2.05, 4.69) is 22.0 Å². The Morgan fingerprint density at radius 1 is 1.47 bits per heavy atom. The van der Waals surface area contributed by atoms with Crippen LogP contribution in [-0.2, 0) is 6.54 Å². The number of likely N-dealkylation sites (tertiary alicyclic amines) is 1. The summed E-state index contributed by atoms with van der Waals surface area (Å²) in [6.07, 6.45) is 4.31. The lowest BCUT2D eigenvalue weighted by molar-refractivity contribution is 0.311. The molecule has 0 spiro atoms. The van der Waals surface area contributed by atoms with Crippen molar-refractivity contribution in [3.8, 4) is 0 Å². The van der Waals surface area contributed by atoms with E-state index < -0.39 is 0 Å². The first-order valence-electron chi connectivity index (χ1n) is 5.56. The van der Waals surface area contributed by atoms with E-state index in [1.165, 1.54) is 25.2 Å². The molecule has 82 valence electrons. The molecule has 0 bridgehead atoms. The van der Waals surface area contributed by atoms with Gasteiger partial charge in [-0.25, -0.2) is 0 Å². The van der Waals surface area contributed by atoms with E-state index in [-0.39, 0.29) is 0 Å². The summed E-state index contributed by atoms with van der Waals surface area (Å²) in [6.45, 7) is 3.36. The zero-order valence-corrected chi connectivity index (χ0v) is 9.66. The summed E-state index contributed by atoms with van der Waals surface area (Å²) in [6, 6.07) is 6.10. The molecule has 1 aromatic rings. The Bertz CT molecular complexity index is 289. The van der Waals surface area contributed by atoms with E-state index in [9.17, 15) is 0 Å². The fourth-order valence-electron chi connectivity index (χ4n) is 2.17. The topological polar surface area (TPSA) is 16.1 Å². The molecule has 1 atom stereocenters. The van der Waals surface area contributed by atoms with Gasteiger partial charge in [0.15, 0.2) is 0 Å². The SMILES string of the molecule is ClCCC1CCN(Cc2ccccn2)C1. The quantitative estimate of drug-likeness (QED) is 0.731. The normalized spacial score (nSPS) is 22.1. The minimum atomic E-state index is 0.794. The van der Waals surface area contributed by atoms with Gasteiger partial charge in [-0.2, -0.15) is 0 Å². The Labute approximate surface area is 96.3 Å². The van der Waals surface area contributed by atoms with Crippen LogP contribution in [0.3, 0.4) is 0 Å². The number of aromatic nitrogens is 1. The highest BCUT2D eigenvalue weighted by atomic mass is 35.5. The molecule has 15 heavy (non-hydrogen) atoms. The fourth-order valence-corrected chi connectivity index (χ4v) is 2.48. The van der Waals surface area contributed by atoms with Gasteiger partial charge in [-0.15, -0.1) is 11.6 Å². The summed E-state index contributed by atoms with van der Waals surface area (Å²) in [5, 5.41) is 0. The fraction of sp³-hybridized carbons (Fsp3) is 0.583. The number of hydrogen-bond donors (Lipinski definition) is 0. The van der Waals surface area contributed by atoms with E-state index in [1.807, 2.05) is 12.3 Å². The van der Waals surface area contributed by atoms with Crippen LogP contribution in [0.15, 0.2) is 24.4 Å². The van der Waals surface area contributed by atoms with Gasteiger partial charge in [0.2, 0.25) is 0 Å². The summed E-state index contributed by atoms with van der Waals surface area (Å²) in [7, 11) is 0. The minimum Gasteiger partial charge on any atom is -0.297 e. The van der Waals surface area contributed by atoms with E-state index >= 15 is 0 Å². The van der Waals surface area contributed by atoms with Gasteiger partial charge in [0.05, 0.1) is 5.69 Å². The van der Waals surface area contributed by atoms with Crippen molar-refractivity contribution in [3.63, 3.8) is 0 Å². The maximum Gasteiger partial charge on any atom is 0.0543 e. The molecule has 0 amide bonds. The summed E-state index contributed by atoms with van der Waals surface area (Å²) in [4.78, 5) is 6.82. The molecule has 2 nitrogen and oxygen atoms in total. The van der Waals surface area contributed by atoms with E-state index in [1.54, 1.807) is 0 Å². The van der Waals surface area contributed by atoms with Crippen molar-refractivity contribution in [2.24, 2.45) is 5.92 Å². The second-order valence-corrected chi connectivity index (χ2v) is 4.57. The average molecular weight is 225 g/mol. The maximum atomic E-state index is 5.76. The summed E-state index contributed by atoms with van der Waals surface area (Å²) in [5.74, 6) is 1.59. The Morgan fingerprint density at radius 3 is 3.13 bits per heavy atom. The van der Waals surface area contributed by atoms with Crippen LogP contribution in [-0.4, -0.2) is 28.9 Å². The predicted molar refractivity (Wildman–Crippen MR) is 63.0 cm³/mol. The highest BCUT2D eigenvalue weighted by molar-refractivity contribution is 6.17. The molecule has 1 aliphatic heterocycles. The molecular formula is C12H17ClN2. The first kappa shape index (κ1) is 10.9. The molecule has 1 aromatic heterocycles. The number of nitrogens with zero attached hydrogens (tertiary/aromatic N) is 2. The minimum absolute atomic E-state index is 0.794. The Balaban J connectivity index is 1.82. The monoisotopic (exact) mass is 224 g/mol. The van der Waals surface area contributed by atoms with Crippen LogP contribution >= 0.6 is 11.6 Å². The third kappa shape index (κ3) is 3.18. The number of rotatable bonds is 4. The second-order valence-electron chi connectivity index (χ2n) is 4.19. The second kappa shape index (κ2) is 5.47. The highest BCUT2D eigenvalue weighted by Gasteiger charge is 2.21. The Kier molecular flexibility index (Phi) is 3.98. The van der Waals surface area contributed by atoms with Crippen molar-refractivity contribution >= 4 is 11.6 Å². The predicted octanol–water partition coefficient (Wildman–Crippen LogP) is 2.53. The van der Waals surface area contributed by atoms with Gasteiger partial charge >= 0.3 is 0 Å². The van der Waals surface area contributed by atoms with Gasteiger partial charge in [0, 0.05) is 25.2 Å². The van der Waals surface area contributed by atoms with Gasteiger partial charge in [-0.05, 0) is 37.4 Å². The van der Waals surface area contributed by atoms with E-state index in [0.717, 1.165) is 24.8 Å². The number of halogens is 1. The molecule has 1 fully saturated rings. The Hall–Kier alpha value is -0.600. The standard InChI is InChI=1S/C12H17ClN2/c13-6-4-11-5-8-15(9-11)10-12-3-1-2-7-14-12/h1-3,7,11H,4-6,8-10H2. The molecule has 2 rings (SSSR count). The molecular weight excluding hydrogens is 208 g/mol. The average Bonchev–Trinajstić information content (AvgIpc) is 2.68. The molecule has 3 heteroatoms. The zero-order valence-electron chi connectivity index (χ0n) is 8.90. The lowest BCUT2D eigenvalue weighted by Crippen LogP contribution is -2.20. The van der Waals surface area contributed by atoms with Crippen molar-refractivity contribution in [1.82, 2.24) is 9.88 Å². The maximum absolute atomic E-state index is 5.76. The lowest BCUT2D eigenvalue weighted by Gasteiger charge is -2.14.